The van der Waals surface area contributed by atoms with Crippen molar-refractivity contribution in [2.75, 3.05) is 0 Å². The standard InChI is InChI=1S/C27H24O/c1-19-11-16-25-23(17-19)9-6-10-26(25)27(28)24-15-14-22(20(2)18-24)13-12-21-7-4-3-5-8-21/h3-11,14-18H,12-13H2,1-2H3. The Hall–Kier alpha value is -3.19. The molecule has 0 N–H and O–H groups in total. The third kappa shape index (κ3) is 3.75. The van der Waals surface area contributed by atoms with Crippen LogP contribution in [-0.4, -0.2) is 5.78 Å². The number of rotatable bonds is 5. The van der Waals surface area contributed by atoms with E-state index in [1.807, 2.05) is 30.3 Å². The molecule has 0 heterocycles. The molecule has 1 nitrogen and oxygen atoms in total. The first-order valence-corrected chi connectivity index (χ1v) is 9.79. The van der Waals surface area contributed by atoms with Gasteiger partial charge in [0.15, 0.2) is 5.78 Å². The molecule has 0 unspecified atom stereocenters. The third-order valence-corrected chi connectivity index (χ3v) is 5.41. The Morgan fingerprint density at radius 3 is 2.36 bits per heavy atom. The van der Waals surface area contributed by atoms with Gasteiger partial charge in [-0.3, -0.25) is 4.79 Å². The molecular formula is C27H24O. The van der Waals surface area contributed by atoms with Crippen LogP contribution in [0.15, 0.2) is 84.9 Å². The fourth-order valence-corrected chi connectivity index (χ4v) is 3.80. The summed E-state index contributed by atoms with van der Waals surface area (Å²) in [6.45, 7) is 4.18. The lowest BCUT2D eigenvalue weighted by molar-refractivity contribution is 0.104. The van der Waals surface area contributed by atoms with Crippen LogP contribution in [0.5, 0.6) is 0 Å². The summed E-state index contributed by atoms with van der Waals surface area (Å²) in [5, 5.41) is 2.13. The molecule has 0 saturated heterocycles. The van der Waals surface area contributed by atoms with Crippen molar-refractivity contribution in [3.8, 4) is 0 Å². The SMILES string of the molecule is Cc1ccc2c(C(=O)c3ccc(CCc4ccccc4)c(C)c3)cccc2c1. The molecule has 0 fully saturated rings. The number of hydrogen-bond acceptors (Lipinski definition) is 1. The molecule has 4 aromatic rings. The number of carbonyl (C=O) groups is 1. The molecule has 28 heavy (non-hydrogen) atoms. The van der Waals surface area contributed by atoms with E-state index in [2.05, 4.69) is 68.4 Å². The van der Waals surface area contributed by atoms with Crippen LogP contribution in [-0.2, 0) is 12.8 Å². The van der Waals surface area contributed by atoms with Crippen molar-refractivity contribution in [2.24, 2.45) is 0 Å². The zero-order valence-electron chi connectivity index (χ0n) is 16.4. The lowest BCUT2D eigenvalue weighted by atomic mass is 9.93. The minimum atomic E-state index is 0.0900. The molecule has 138 valence electrons. The van der Waals surface area contributed by atoms with Gasteiger partial charge in [0.1, 0.15) is 0 Å². The molecule has 0 atom stereocenters. The first-order chi connectivity index (χ1) is 13.6. The first kappa shape index (κ1) is 18.2. The molecule has 0 radical (unpaired) electrons. The van der Waals surface area contributed by atoms with E-state index in [-0.39, 0.29) is 5.78 Å². The van der Waals surface area contributed by atoms with Gasteiger partial charge in [-0.05, 0) is 60.2 Å². The summed E-state index contributed by atoms with van der Waals surface area (Å²) < 4.78 is 0. The van der Waals surface area contributed by atoms with Gasteiger partial charge >= 0.3 is 0 Å². The van der Waals surface area contributed by atoms with Crippen LogP contribution in [0.25, 0.3) is 10.8 Å². The van der Waals surface area contributed by atoms with E-state index in [4.69, 9.17) is 0 Å². The topological polar surface area (TPSA) is 17.1 Å². The van der Waals surface area contributed by atoms with Crippen LogP contribution in [0.1, 0.15) is 38.2 Å². The second-order valence-electron chi connectivity index (χ2n) is 7.49. The maximum atomic E-state index is 13.2. The van der Waals surface area contributed by atoms with E-state index < -0.39 is 0 Å². The first-order valence-electron chi connectivity index (χ1n) is 9.79. The normalized spacial score (nSPS) is 10.9. The third-order valence-electron chi connectivity index (χ3n) is 5.41. The number of carbonyl (C=O) groups excluding carboxylic acids is 1. The summed E-state index contributed by atoms with van der Waals surface area (Å²) in [4.78, 5) is 13.2. The molecule has 0 aromatic heterocycles. The van der Waals surface area contributed by atoms with Crippen LogP contribution in [0.3, 0.4) is 0 Å². The quantitative estimate of drug-likeness (QED) is 0.371. The highest BCUT2D eigenvalue weighted by atomic mass is 16.1. The maximum absolute atomic E-state index is 13.2. The van der Waals surface area contributed by atoms with Gasteiger partial charge < -0.3 is 0 Å². The van der Waals surface area contributed by atoms with Gasteiger partial charge in [0.2, 0.25) is 0 Å². The number of fused-ring (bicyclic) bond motifs is 1. The second kappa shape index (κ2) is 7.82. The molecule has 4 rings (SSSR count). The zero-order valence-corrected chi connectivity index (χ0v) is 16.4. The van der Waals surface area contributed by atoms with E-state index in [1.165, 1.54) is 22.3 Å². The molecule has 0 spiro atoms. The van der Waals surface area contributed by atoms with Gasteiger partial charge in [0, 0.05) is 11.1 Å². The summed E-state index contributed by atoms with van der Waals surface area (Å²) >= 11 is 0. The number of aryl methyl sites for hydroxylation is 4. The molecule has 1 heteroatoms. The van der Waals surface area contributed by atoms with Crippen LogP contribution in [0.4, 0.5) is 0 Å². The van der Waals surface area contributed by atoms with Crippen molar-refractivity contribution in [1.82, 2.24) is 0 Å². The van der Waals surface area contributed by atoms with Crippen LogP contribution in [0, 0.1) is 13.8 Å². The van der Waals surface area contributed by atoms with Crippen LogP contribution >= 0.6 is 0 Å². The minimum absolute atomic E-state index is 0.0900. The van der Waals surface area contributed by atoms with Gasteiger partial charge in [-0.15, -0.1) is 0 Å². The Bertz CT molecular complexity index is 1140. The summed E-state index contributed by atoms with van der Waals surface area (Å²) in [7, 11) is 0. The zero-order chi connectivity index (χ0) is 19.5. The summed E-state index contributed by atoms with van der Waals surface area (Å²) in [5.74, 6) is 0.0900. The summed E-state index contributed by atoms with van der Waals surface area (Å²) in [6, 6.07) is 28.9. The molecule has 4 aromatic carbocycles. The van der Waals surface area contributed by atoms with Crippen molar-refractivity contribution < 1.29 is 4.79 Å². The highest BCUT2D eigenvalue weighted by molar-refractivity contribution is 6.16. The van der Waals surface area contributed by atoms with E-state index in [0.717, 1.165) is 34.7 Å². The molecule has 0 aliphatic heterocycles. The fraction of sp³-hybridized carbons (Fsp3) is 0.148. The monoisotopic (exact) mass is 364 g/mol. The highest BCUT2D eigenvalue weighted by Crippen LogP contribution is 2.24. The lowest BCUT2D eigenvalue weighted by Crippen LogP contribution is -2.04. The van der Waals surface area contributed by atoms with Gasteiger partial charge in [-0.1, -0.05) is 84.4 Å². The number of ketones is 1. The summed E-state index contributed by atoms with van der Waals surface area (Å²) in [6.07, 6.45) is 2.00. The fourth-order valence-electron chi connectivity index (χ4n) is 3.80. The predicted octanol–water partition coefficient (Wildman–Crippen LogP) is 6.47. The molecule has 0 saturated carbocycles. The highest BCUT2D eigenvalue weighted by Gasteiger charge is 2.13. The Morgan fingerprint density at radius 2 is 1.57 bits per heavy atom. The van der Waals surface area contributed by atoms with Crippen molar-refractivity contribution in [2.45, 2.75) is 26.7 Å². The number of benzene rings is 4. The Balaban J connectivity index is 1.60. The van der Waals surface area contributed by atoms with E-state index in [9.17, 15) is 4.79 Å². The second-order valence-corrected chi connectivity index (χ2v) is 7.49. The smallest absolute Gasteiger partial charge is 0.193 e. The van der Waals surface area contributed by atoms with Crippen molar-refractivity contribution in [1.29, 1.82) is 0 Å². The van der Waals surface area contributed by atoms with Crippen molar-refractivity contribution in [3.05, 3.63) is 118 Å². The largest absolute Gasteiger partial charge is 0.289 e. The van der Waals surface area contributed by atoms with E-state index >= 15 is 0 Å². The average molecular weight is 364 g/mol. The van der Waals surface area contributed by atoms with Crippen LogP contribution in [0.2, 0.25) is 0 Å². The van der Waals surface area contributed by atoms with Crippen molar-refractivity contribution >= 4 is 16.6 Å². The molecule has 0 aliphatic rings. The molecular weight excluding hydrogens is 340 g/mol. The number of hydrogen-bond donors (Lipinski definition) is 0. The van der Waals surface area contributed by atoms with E-state index in [1.54, 1.807) is 0 Å². The average Bonchev–Trinajstić information content (AvgIpc) is 2.72. The predicted molar refractivity (Wildman–Crippen MR) is 117 cm³/mol. The Labute approximate surface area is 166 Å². The van der Waals surface area contributed by atoms with Gasteiger partial charge in [-0.2, -0.15) is 0 Å². The molecule has 0 aliphatic carbocycles. The Kier molecular flexibility index (Phi) is 5.08. The van der Waals surface area contributed by atoms with Gasteiger partial charge in [0.25, 0.3) is 0 Å². The van der Waals surface area contributed by atoms with Crippen molar-refractivity contribution in [3.63, 3.8) is 0 Å². The Morgan fingerprint density at radius 1 is 0.750 bits per heavy atom. The molecule has 0 bridgehead atoms. The minimum Gasteiger partial charge on any atom is -0.289 e. The molecule has 0 amide bonds. The lowest BCUT2D eigenvalue weighted by Gasteiger charge is -2.10. The van der Waals surface area contributed by atoms with E-state index in [0.29, 0.717) is 0 Å². The van der Waals surface area contributed by atoms with Crippen LogP contribution < -0.4 is 0 Å². The van der Waals surface area contributed by atoms with Gasteiger partial charge in [-0.25, -0.2) is 0 Å². The summed E-state index contributed by atoms with van der Waals surface area (Å²) in [5.41, 5.74) is 6.55. The van der Waals surface area contributed by atoms with Gasteiger partial charge in [0.05, 0.1) is 0 Å². The maximum Gasteiger partial charge on any atom is 0.193 e.